The van der Waals surface area contributed by atoms with E-state index in [1.807, 2.05) is 32.0 Å². The van der Waals surface area contributed by atoms with E-state index in [2.05, 4.69) is 48.5 Å². The van der Waals surface area contributed by atoms with E-state index in [9.17, 15) is 4.79 Å². The van der Waals surface area contributed by atoms with Gasteiger partial charge in [-0.25, -0.2) is 0 Å². The maximum Gasteiger partial charge on any atom is 0.251 e. The van der Waals surface area contributed by atoms with Gasteiger partial charge in [0.15, 0.2) is 0 Å². The molecule has 122 valence electrons. The summed E-state index contributed by atoms with van der Waals surface area (Å²) in [4.78, 5) is 14.6. The van der Waals surface area contributed by atoms with Gasteiger partial charge in [0.2, 0.25) is 0 Å². The minimum Gasteiger partial charge on any atom is -0.375 e. The summed E-state index contributed by atoms with van der Waals surface area (Å²) < 4.78 is 0. The second-order valence-electron chi connectivity index (χ2n) is 6.14. The lowest BCUT2D eigenvalue weighted by molar-refractivity contribution is 0.0952. The molecule has 0 aliphatic carbocycles. The van der Waals surface area contributed by atoms with Gasteiger partial charge < -0.3 is 10.2 Å². The van der Waals surface area contributed by atoms with Gasteiger partial charge in [-0.1, -0.05) is 35.9 Å². The van der Waals surface area contributed by atoms with Crippen LogP contribution in [0.5, 0.6) is 0 Å². The summed E-state index contributed by atoms with van der Waals surface area (Å²) in [5, 5.41) is 3.04. The molecule has 0 heterocycles. The molecular weight excluding hydrogens is 284 g/mol. The molecule has 0 saturated carbocycles. The first-order chi connectivity index (χ1) is 11.0. The fraction of sp³-hybridized carbons (Fsp3) is 0.350. The van der Waals surface area contributed by atoms with Crippen molar-refractivity contribution in [2.45, 2.75) is 27.2 Å². The lowest BCUT2D eigenvalue weighted by atomic mass is 9.99. The molecular formula is C20H26N2O. The molecule has 2 aromatic carbocycles. The zero-order valence-electron chi connectivity index (χ0n) is 14.5. The molecule has 0 aromatic heterocycles. The Kier molecular flexibility index (Phi) is 5.80. The van der Waals surface area contributed by atoms with Crippen molar-refractivity contribution in [1.29, 1.82) is 0 Å². The Bertz CT molecular complexity index is 642. The van der Waals surface area contributed by atoms with Gasteiger partial charge in [0.1, 0.15) is 0 Å². The number of nitrogens with one attached hydrogen (secondary N) is 1. The van der Waals surface area contributed by atoms with Crippen LogP contribution < -0.4 is 10.2 Å². The van der Waals surface area contributed by atoms with Gasteiger partial charge in [0, 0.05) is 31.4 Å². The monoisotopic (exact) mass is 310 g/mol. The van der Waals surface area contributed by atoms with Crippen molar-refractivity contribution in [2.24, 2.45) is 0 Å². The van der Waals surface area contributed by atoms with Gasteiger partial charge in [0.05, 0.1) is 0 Å². The number of carbonyl (C=O) groups is 1. The summed E-state index contributed by atoms with van der Waals surface area (Å²) >= 11 is 0. The Labute approximate surface area is 139 Å². The average Bonchev–Trinajstić information content (AvgIpc) is 2.51. The minimum atomic E-state index is 0.0300. The number of aryl methyl sites for hydroxylation is 3. The molecule has 3 nitrogen and oxygen atoms in total. The van der Waals surface area contributed by atoms with Gasteiger partial charge in [-0.3, -0.25) is 4.79 Å². The summed E-state index contributed by atoms with van der Waals surface area (Å²) in [5.41, 5.74) is 5.29. The van der Waals surface area contributed by atoms with Gasteiger partial charge in [0.25, 0.3) is 5.91 Å². The summed E-state index contributed by atoms with van der Waals surface area (Å²) in [6.07, 6.45) is 0.918. The van der Waals surface area contributed by atoms with Crippen LogP contribution in [-0.4, -0.2) is 26.0 Å². The molecule has 23 heavy (non-hydrogen) atoms. The maximum absolute atomic E-state index is 12.4. The Balaban J connectivity index is 1.84. The van der Waals surface area contributed by atoms with Crippen molar-refractivity contribution in [2.75, 3.05) is 25.0 Å². The van der Waals surface area contributed by atoms with Crippen molar-refractivity contribution in [1.82, 2.24) is 5.32 Å². The van der Waals surface area contributed by atoms with Crippen molar-refractivity contribution in [3.63, 3.8) is 0 Å². The number of benzene rings is 2. The van der Waals surface area contributed by atoms with Crippen LogP contribution in [0.2, 0.25) is 0 Å². The van der Waals surface area contributed by atoms with E-state index < -0.39 is 0 Å². The first kappa shape index (κ1) is 17.1. The quantitative estimate of drug-likeness (QED) is 0.822. The van der Waals surface area contributed by atoms with E-state index in [1.165, 1.54) is 11.3 Å². The van der Waals surface area contributed by atoms with E-state index in [1.54, 1.807) is 0 Å². The Morgan fingerprint density at radius 1 is 1.04 bits per heavy atom. The molecule has 0 bridgehead atoms. The molecule has 1 N–H and O–H groups in total. The Hall–Kier alpha value is -2.29. The Morgan fingerprint density at radius 2 is 1.65 bits per heavy atom. The predicted molar refractivity (Wildman–Crippen MR) is 97.3 cm³/mol. The number of para-hydroxylation sites is 1. The second kappa shape index (κ2) is 7.82. The largest absolute Gasteiger partial charge is 0.375 e. The molecule has 2 rings (SSSR count). The van der Waals surface area contributed by atoms with Crippen LogP contribution in [0.15, 0.2) is 42.5 Å². The van der Waals surface area contributed by atoms with Crippen LogP contribution >= 0.6 is 0 Å². The molecule has 2 aromatic rings. The molecule has 0 aliphatic heterocycles. The van der Waals surface area contributed by atoms with Crippen molar-refractivity contribution >= 4 is 11.6 Å². The third-order valence-electron chi connectivity index (χ3n) is 4.06. The molecule has 0 saturated heterocycles. The van der Waals surface area contributed by atoms with Crippen LogP contribution in [0.3, 0.4) is 0 Å². The molecule has 0 spiro atoms. The molecule has 0 radical (unpaired) electrons. The highest BCUT2D eigenvalue weighted by molar-refractivity contribution is 5.97. The lowest BCUT2D eigenvalue weighted by Gasteiger charge is -2.19. The number of rotatable bonds is 6. The number of carbonyl (C=O) groups excluding carboxylic acids is 1. The SMILES string of the molecule is Cc1cc(C)c(C(=O)NCCCN(C)c2ccccc2)c(C)c1. The van der Waals surface area contributed by atoms with Crippen molar-refractivity contribution in [3.05, 3.63) is 64.7 Å². The van der Waals surface area contributed by atoms with E-state index in [0.29, 0.717) is 6.54 Å². The number of hydrogen-bond acceptors (Lipinski definition) is 2. The Morgan fingerprint density at radius 3 is 2.26 bits per heavy atom. The zero-order chi connectivity index (χ0) is 16.8. The smallest absolute Gasteiger partial charge is 0.251 e. The van der Waals surface area contributed by atoms with Crippen molar-refractivity contribution < 1.29 is 4.79 Å². The molecule has 0 fully saturated rings. The fourth-order valence-electron chi connectivity index (χ4n) is 2.96. The first-order valence-electron chi connectivity index (χ1n) is 8.11. The number of amides is 1. The van der Waals surface area contributed by atoms with Crippen LogP contribution in [0.1, 0.15) is 33.5 Å². The van der Waals surface area contributed by atoms with E-state index >= 15 is 0 Å². The highest BCUT2D eigenvalue weighted by atomic mass is 16.1. The van der Waals surface area contributed by atoms with Gasteiger partial charge in [-0.15, -0.1) is 0 Å². The highest BCUT2D eigenvalue weighted by Gasteiger charge is 2.12. The molecule has 0 atom stereocenters. The zero-order valence-corrected chi connectivity index (χ0v) is 14.5. The second-order valence-corrected chi connectivity index (χ2v) is 6.14. The van der Waals surface area contributed by atoms with E-state index in [4.69, 9.17) is 0 Å². The molecule has 3 heteroatoms. The molecule has 0 unspecified atom stereocenters. The molecule has 0 aliphatic rings. The number of nitrogens with zero attached hydrogens (tertiary/aromatic N) is 1. The number of hydrogen-bond donors (Lipinski definition) is 1. The standard InChI is InChI=1S/C20H26N2O/c1-15-13-16(2)19(17(3)14-15)20(23)21-11-8-12-22(4)18-9-6-5-7-10-18/h5-7,9-10,13-14H,8,11-12H2,1-4H3,(H,21,23). The van der Waals surface area contributed by atoms with Crippen LogP contribution in [-0.2, 0) is 0 Å². The summed E-state index contributed by atoms with van der Waals surface area (Å²) in [6, 6.07) is 14.4. The normalized spacial score (nSPS) is 10.4. The van der Waals surface area contributed by atoms with E-state index in [0.717, 1.165) is 29.7 Å². The number of anilines is 1. The van der Waals surface area contributed by atoms with Crippen LogP contribution in [0.25, 0.3) is 0 Å². The first-order valence-corrected chi connectivity index (χ1v) is 8.11. The van der Waals surface area contributed by atoms with Crippen molar-refractivity contribution in [3.8, 4) is 0 Å². The third kappa shape index (κ3) is 4.59. The van der Waals surface area contributed by atoms with Gasteiger partial charge >= 0.3 is 0 Å². The average molecular weight is 310 g/mol. The summed E-state index contributed by atoms with van der Waals surface area (Å²) in [6.45, 7) is 7.65. The fourth-order valence-corrected chi connectivity index (χ4v) is 2.96. The maximum atomic E-state index is 12.4. The van der Waals surface area contributed by atoms with E-state index in [-0.39, 0.29) is 5.91 Å². The van der Waals surface area contributed by atoms with Crippen LogP contribution in [0.4, 0.5) is 5.69 Å². The lowest BCUT2D eigenvalue weighted by Crippen LogP contribution is -2.29. The summed E-state index contributed by atoms with van der Waals surface area (Å²) in [7, 11) is 2.07. The topological polar surface area (TPSA) is 32.3 Å². The van der Waals surface area contributed by atoms with Gasteiger partial charge in [-0.2, -0.15) is 0 Å². The predicted octanol–water partition coefficient (Wildman–Crippen LogP) is 3.87. The highest BCUT2D eigenvalue weighted by Crippen LogP contribution is 2.16. The summed E-state index contributed by atoms with van der Waals surface area (Å²) in [5.74, 6) is 0.0300. The molecule has 1 amide bonds. The van der Waals surface area contributed by atoms with Crippen LogP contribution in [0, 0.1) is 20.8 Å². The van der Waals surface area contributed by atoms with Gasteiger partial charge in [-0.05, 0) is 50.5 Å². The third-order valence-corrected chi connectivity index (χ3v) is 4.06. The minimum absolute atomic E-state index is 0.0300.